The lowest BCUT2D eigenvalue weighted by molar-refractivity contribution is 0.577. The van der Waals surface area contributed by atoms with Crippen LogP contribution in [0.4, 0.5) is 0 Å². The summed E-state index contributed by atoms with van der Waals surface area (Å²) < 4.78 is 0. The minimum Gasteiger partial charge on any atom is -0.346 e. The Balaban J connectivity index is 2.29. The molecule has 0 spiro atoms. The predicted molar refractivity (Wildman–Crippen MR) is 75.4 cm³/mol. The van der Waals surface area contributed by atoms with Gasteiger partial charge in [0, 0.05) is 17.7 Å². The minimum atomic E-state index is 0.459. The molecule has 18 heavy (non-hydrogen) atoms. The lowest BCUT2D eigenvalue weighted by atomic mass is 10.1. The molecule has 0 bridgehead atoms. The number of hydrogen-bond donors (Lipinski definition) is 2. The van der Waals surface area contributed by atoms with E-state index in [-0.39, 0.29) is 0 Å². The van der Waals surface area contributed by atoms with Gasteiger partial charge in [0.2, 0.25) is 0 Å². The molecule has 2 aromatic rings. The number of aromatic amines is 1. The summed E-state index contributed by atoms with van der Waals surface area (Å²) in [5.41, 5.74) is 10.3. The number of nitrogens with two attached hydrogens (primary N) is 1. The van der Waals surface area contributed by atoms with Crippen LogP contribution in [0.3, 0.4) is 0 Å². The van der Waals surface area contributed by atoms with E-state index in [4.69, 9.17) is 10.7 Å². The van der Waals surface area contributed by atoms with Crippen LogP contribution in [0.15, 0.2) is 24.3 Å². The first kappa shape index (κ1) is 12.8. The van der Waals surface area contributed by atoms with E-state index in [1.807, 2.05) is 0 Å². The van der Waals surface area contributed by atoms with Gasteiger partial charge in [0.15, 0.2) is 0 Å². The molecule has 0 aliphatic carbocycles. The van der Waals surface area contributed by atoms with Crippen molar-refractivity contribution in [3.05, 3.63) is 41.3 Å². The van der Waals surface area contributed by atoms with Gasteiger partial charge in [-0.2, -0.15) is 0 Å². The predicted octanol–water partition coefficient (Wildman–Crippen LogP) is 2.83. The van der Waals surface area contributed by atoms with Crippen LogP contribution in [0, 0.1) is 19.8 Å². The maximum atomic E-state index is 5.65. The van der Waals surface area contributed by atoms with Gasteiger partial charge in [0.1, 0.15) is 5.82 Å². The average Bonchev–Trinajstić information content (AvgIpc) is 2.70. The molecule has 3 nitrogen and oxygen atoms in total. The average molecular weight is 243 g/mol. The molecule has 0 radical (unpaired) electrons. The number of aryl methyl sites for hydroxylation is 2. The van der Waals surface area contributed by atoms with Gasteiger partial charge in [-0.15, -0.1) is 0 Å². The van der Waals surface area contributed by atoms with Gasteiger partial charge in [0.05, 0.1) is 5.69 Å². The highest BCUT2D eigenvalue weighted by Gasteiger charge is 2.11. The van der Waals surface area contributed by atoms with Crippen LogP contribution < -0.4 is 5.73 Å². The van der Waals surface area contributed by atoms with Gasteiger partial charge < -0.3 is 10.7 Å². The van der Waals surface area contributed by atoms with Crippen LogP contribution in [-0.4, -0.2) is 16.5 Å². The van der Waals surface area contributed by atoms with E-state index in [0.717, 1.165) is 23.6 Å². The molecule has 96 valence electrons. The fourth-order valence-electron chi connectivity index (χ4n) is 2.11. The van der Waals surface area contributed by atoms with Gasteiger partial charge in [-0.3, -0.25) is 0 Å². The lowest BCUT2D eigenvalue weighted by Crippen LogP contribution is -2.13. The molecule has 2 rings (SSSR count). The Morgan fingerprint density at radius 3 is 2.78 bits per heavy atom. The number of benzene rings is 1. The van der Waals surface area contributed by atoms with Crippen LogP contribution in [-0.2, 0) is 6.42 Å². The highest BCUT2D eigenvalue weighted by molar-refractivity contribution is 5.62. The first-order valence-electron chi connectivity index (χ1n) is 6.42. The van der Waals surface area contributed by atoms with Gasteiger partial charge in [-0.05, 0) is 32.4 Å². The van der Waals surface area contributed by atoms with Crippen LogP contribution in [0.1, 0.15) is 24.0 Å². The standard InChI is InChI=1S/C15H21N3/c1-10-5-4-6-13(7-10)15-12(3)17-14(18-15)8-11(2)9-16/h4-7,11H,8-9,16H2,1-3H3,(H,17,18). The Labute approximate surface area is 108 Å². The third-order valence-electron chi connectivity index (χ3n) is 3.17. The van der Waals surface area contributed by atoms with Crippen molar-refractivity contribution < 1.29 is 0 Å². The molecule has 1 aromatic carbocycles. The Morgan fingerprint density at radius 2 is 2.11 bits per heavy atom. The number of nitrogens with one attached hydrogen (secondary N) is 1. The smallest absolute Gasteiger partial charge is 0.107 e. The highest BCUT2D eigenvalue weighted by atomic mass is 14.9. The second-order valence-electron chi connectivity index (χ2n) is 5.07. The van der Waals surface area contributed by atoms with E-state index in [1.165, 1.54) is 11.1 Å². The number of aromatic nitrogens is 2. The van der Waals surface area contributed by atoms with Crippen molar-refractivity contribution in [3.8, 4) is 11.3 Å². The second kappa shape index (κ2) is 5.36. The molecule has 1 atom stereocenters. The molecule has 0 amide bonds. The van der Waals surface area contributed by atoms with Crippen LogP contribution in [0.2, 0.25) is 0 Å². The Kier molecular flexibility index (Phi) is 3.82. The summed E-state index contributed by atoms with van der Waals surface area (Å²) in [5.74, 6) is 1.49. The third-order valence-corrected chi connectivity index (χ3v) is 3.17. The zero-order valence-corrected chi connectivity index (χ0v) is 11.3. The maximum Gasteiger partial charge on any atom is 0.107 e. The number of hydrogen-bond acceptors (Lipinski definition) is 2. The number of rotatable bonds is 4. The van der Waals surface area contributed by atoms with Crippen LogP contribution in [0.5, 0.6) is 0 Å². The summed E-state index contributed by atoms with van der Waals surface area (Å²) in [4.78, 5) is 8.06. The van der Waals surface area contributed by atoms with Crippen molar-refractivity contribution in [1.29, 1.82) is 0 Å². The quantitative estimate of drug-likeness (QED) is 0.867. The molecular weight excluding hydrogens is 222 g/mol. The van der Waals surface area contributed by atoms with E-state index >= 15 is 0 Å². The van der Waals surface area contributed by atoms with E-state index < -0.39 is 0 Å². The molecule has 3 N–H and O–H groups in total. The summed E-state index contributed by atoms with van der Waals surface area (Å²) in [6.45, 7) is 7.01. The first-order chi connectivity index (χ1) is 8.60. The summed E-state index contributed by atoms with van der Waals surface area (Å²) in [6, 6.07) is 8.44. The van der Waals surface area contributed by atoms with E-state index in [9.17, 15) is 0 Å². The normalized spacial score (nSPS) is 12.7. The summed E-state index contributed by atoms with van der Waals surface area (Å²) in [7, 11) is 0. The van der Waals surface area contributed by atoms with Crippen molar-refractivity contribution in [2.75, 3.05) is 6.54 Å². The van der Waals surface area contributed by atoms with E-state index in [2.05, 4.69) is 50.0 Å². The van der Waals surface area contributed by atoms with Crippen molar-refractivity contribution in [2.45, 2.75) is 27.2 Å². The van der Waals surface area contributed by atoms with Gasteiger partial charge in [-0.1, -0.05) is 30.7 Å². The van der Waals surface area contributed by atoms with Gasteiger partial charge in [-0.25, -0.2) is 4.98 Å². The zero-order valence-electron chi connectivity index (χ0n) is 11.3. The summed E-state index contributed by atoms with van der Waals surface area (Å²) >= 11 is 0. The molecule has 0 aliphatic rings. The van der Waals surface area contributed by atoms with Crippen molar-refractivity contribution in [1.82, 2.24) is 9.97 Å². The molecule has 1 aromatic heterocycles. The van der Waals surface area contributed by atoms with Crippen LogP contribution in [0.25, 0.3) is 11.3 Å². The molecule has 1 unspecified atom stereocenters. The number of H-pyrrole nitrogens is 1. The zero-order chi connectivity index (χ0) is 13.1. The molecule has 3 heteroatoms. The maximum absolute atomic E-state index is 5.65. The Bertz CT molecular complexity index is 528. The molecule has 0 aliphatic heterocycles. The van der Waals surface area contributed by atoms with Crippen molar-refractivity contribution in [3.63, 3.8) is 0 Å². The van der Waals surface area contributed by atoms with Crippen LogP contribution >= 0.6 is 0 Å². The van der Waals surface area contributed by atoms with Crippen molar-refractivity contribution in [2.24, 2.45) is 11.7 Å². The first-order valence-corrected chi connectivity index (χ1v) is 6.42. The fourth-order valence-corrected chi connectivity index (χ4v) is 2.11. The number of imidazole rings is 1. The summed E-state index contributed by atoms with van der Waals surface area (Å²) in [5, 5.41) is 0. The SMILES string of the molecule is Cc1cccc(-c2nc(CC(C)CN)[nH]c2C)c1. The fraction of sp³-hybridized carbons (Fsp3) is 0.400. The highest BCUT2D eigenvalue weighted by Crippen LogP contribution is 2.22. The van der Waals surface area contributed by atoms with Gasteiger partial charge in [0.25, 0.3) is 0 Å². The minimum absolute atomic E-state index is 0.459. The molecular formula is C15H21N3. The molecule has 0 fully saturated rings. The van der Waals surface area contributed by atoms with E-state index in [1.54, 1.807) is 0 Å². The second-order valence-corrected chi connectivity index (χ2v) is 5.07. The molecule has 0 saturated heterocycles. The third kappa shape index (κ3) is 2.79. The van der Waals surface area contributed by atoms with Gasteiger partial charge >= 0.3 is 0 Å². The Morgan fingerprint density at radius 1 is 1.33 bits per heavy atom. The monoisotopic (exact) mass is 243 g/mol. The molecule has 1 heterocycles. The van der Waals surface area contributed by atoms with E-state index in [0.29, 0.717) is 12.5 Å². The Hall–Kier alpha value is -1.61. The summed E-state index contributed by atoms with van der Waals surface area (Å²) in [6.07, 6.45) is 0.906. The molecule has 0 saturated carbocycles. The van der Waals surface area contributed by atoms with Crippen molar-refractivity contribution >= 4 is 0 Å². The lowest BCUT2D eigenvalue weighted by Gasteiger charge is -2.04. The topological polar surface area (TPSA) is 54.7 Å². The number of nitrogens with zero attached hydrogens (tertiary/aromatic N) is 1. The largest absolute Gasteiger partial charge is 0.346 e.